The first-order valence-electron chi connectivity index (χ1n) is 10.4. The molecule has 1 atom stereocenters. The Labute approximate surface area is 168 Å². The van der Waals surface area contributed by atoms with Crippen molar-refractivity contribution in [2.24, 2.45) is 5.92 Å². The minimum atomic E-state index is -0.0623. The highest BCUT2D eigenvalue weighted by atomic mass is 16.5. The number of carbonyl (C=O) groups is 1. The Bertz CT molecular complexity index is 793. The van der Waals surface area contributed by atoms with Crippen molar-refractivity contribution in [2.75, 3.05) is 24.6 Å². The summed E-state index contributed by atoms with van der Waals surface area (Å²) in [5.74, 6) is 1.60. The van der Waals surface area contributed by atoms with Crippen LogP contribution in [0.5, 0.6) is 5.75 Å². The normalized spacial score (nSPS) is 15.9. The summed E-state index contributed by atoms with van der Waals surface area (Å²) in [6.45, 7) is 11.2. The number of hydrogen-bond acceptors (Lipinski definition) is 3. The molecule has 0 spiro atoms. The number of benzene rings is 2. The summed E-state index contributed by atoms with van der Waals surface area (Å²) in [5.41, 5.74) is 4.02. The maximum atomic E-state index is 12.6. The Hall–Kier alpha value is -2.49. The molecule has 2 aromatic rings. The van der Waals surface area contributed by atoms with E-state index in [1.165, 1.54) is 18.5 Å². The van der Waals surface area contributed by atoms with E-state index in [1.54, 1.807) is 0 Å². The first-order valence-corrected chi connectivity index (χ1v) is 10.4. The summed E-state index contributed by atoms with van der Waals surface area (Å²) < 4.78 is 5.55. The zero-order valence-electron chi connectivity index (χ0n) is 17.5. The molecular weight excluding hydrogens is 348 g/mol. The molecule has 1 heterocycles. The molecule has 1 unspecified atom stereocenters. The average molecular weight is 381 g/mol. The van der Waals surface area contributed by atoms with Gasteiger partial charge >= 0.3 is 0 Å². The zero-order valence-corrected chi connectivity index (χ0v) is 17.5. The molecule has 150 valence electrons. The van der Waals surface area contributed by atoms with E-state index in [0.717, 1.165) is 35.9 Å². The standard InChI is InChI=1S/C24H32N2O2/c1-5-28-23-11-8-21(16-18(23)3)24(27)25-19(4)20-6-9-22(10-7-20)26-14-12-17(2)13-15-26/h6-11,16-17,19H,5,12-15H2,1-4H3,(H,25,27). The lowest BCUT2D eigenvalue weighted by Crippen LogP contribution is -2.32. The molecule has 0 bridgehead atoms. The Balaban J connectivity index is 1.61. The number of amides is 1. The lowest BCUT2D eigenvalue weighted by molar-refractivity contribution is 0.0939. The number of rotatable bonds is 6. The molecule has 1 aliphatic rings. The van der Waals surface area contributed by atoms with Gasteiger partial charge in [0.15, 0.2) is 0 Å². The van der Waals surface area contributed by atoms with Gasteiger partial charge in [0, 0.05) is 24.3 Å². The molecule has 1 fully saturated rings. The van der Waals surface area contributed by atoms with Gasteiger partial charge in [-0.15, -0.1) is 0 Å². The van der Waals surface area contributed by atoms with E-state index in [2.05, 4.69) is 41.4 Å². The highest BCUT2D eigenvalue weighted by Gasteiger charge is 2.17. The van der Waals surface area contributed by atoms with Gasteiger partial charge in [-0.2, -0.15) is 0 Å². The number of aryl methyl sites for hydroxylation is 1. The quantitative estimate of drug-likeness (QED) is 0.756. The molecule has 1 saturated heterocycles. The van der Waals surface area contributed by atoms with Gasteiger partial charge in [-0.1, -0.05) is 19.1 Å². The van der Waals surface area contributed by atoms with E-state index >= 15 is 0 Å². The second-order valence-corrected chi connectivity index (χ2v) is 7.87. The van der Waals surface area contributed by atoms with Crippen molar-refractivity contribution in [1.29, 1.82) is 0 Å². The van der Waals surface area contributed by atoms with Crippen LogP contribution in [0, 0.1) is 12.8 Å². The molecule has 1 N–H and O–H groups in total. The van der Waals surface area contributed by atoms with Crippen LogP contribution in [-0.2, 0) is 0 Å². The molecule has 3 rings (SSSR count). The predicted octanol–water partition coefficient (Wildman–Crippen LogP) is 5.12. The summed E-state index contributed by atoms with van der Waals surface area (Å²) in [5, 5.41) is 3.10. The number of carbonyl (C=O) groups excluding carboxylic acids is 1. The molecule has 0 aliphatic carbocycles. The van der Waals surface area contributed by atoms with Crippen LogP contribution in [0.25, 0.3) is 0 Å². The topological polar surface area (TPSA) is 41.6 Å². The molecule has 2 aromatic carbocycles. The second kappa shape index (κ2) is 9.13. The van der Waals surface area contributed by atoms with Crippen LogP contribution in [0.15, 0.2) is 42.5 Å². The van der Waals surface area contributed by atoms with Crippen molar-refractivity contribution >= 4 is 11.6 Å². The van der Waals surface area contributed by atoms with Gasteiger partial charge in [0.1, 0.15) is 5.75 Å². The van der Waals surface area contributed by atoms with Gasteiger partial charge in [0.25, 0.3) is 5.91 Å². The van der Waals surface area contributed by atoms with Crippen LogP contribution in [-0.4, -0.2) is 25.6 Å². The van der Waals surface area contributed by atoms with Gasteiger partial charge in [-0.25, -0.2) is 0 Å². The van der Waals surface area contributed by atoms with Crippen LogP contribution >= 0.6 is 0 Å². The van der Waals surface area contributed by atoms with Crippen LogP contribution in [0.3, 0.4) is 0 Å². The molecule has 1 aliphatic heterocycles. The lowest BCUT2D eigenvalue weighted by Gasteiger charge is -2.32. The first-order chi connectivity index (χ1) is 13.5. The Morgan fingerprint density at radius 2 is 1.86 bits per heavy atom. The monoisotopic (exact) mass is 380 g/mol. The fraction of sp³-hybridized carbons (Fsp3) is 0.458. The van der Waals surface area contributed by atoms with Gasteiger partial charge in [-0.3, -0.25) is 4.79 Å². The second-order valence-electron chi connectivity index (χ2n) is 7.87. The number of anilines is 1. The van der Waals surface area contributed by atoms with Crippen LogP contribution < -0.4 is 15.0 Å². The van der Waals surface area contributed by atoms with E-state index in [0.29, 0.717) is 12.2 Å². The highest BCUT2D eigenvalue weighted by Crippen LogP contribution is 2.25. The summed E-state index contributed by atoms with van der Waals surface area (Å²) in [6.07, 6.45) is 2.52. The third kappa shape index (κ3) is 4.86. The number of nitrogens with one attached hydrogen (secondary N) is 1. The van der Waals surface area contributed by atoms with E-state index in [-0.39, 0.29) is 11.9 Å². The van der Waals surface area contributed by atoms with Crippen molar-refractivity contribution in [3.63, 3.8) is 0 Å². The molecular formula is C24H32N2O2. The van der Waals surface area contributed by atoms with Crippen LogP contribution in [0.4, 0.5) is 5.69 Å². The Kier molecular flexibility index (Phi) is 6.61. The number of nitrogens with zero attached hydrogens (tertiary/aromatic N) is 1. The number of ether oxygens (including phenoxy) is 1. The van der Waals surface area contributed by atoms with Crippen LogP contribution in [0.2, 0.25) is 0 Å². The zero-order chi connectivity index (χ0) is 20.1. The molecule has 4 nitrogen and oxygen atoms in total. The summed E-state index contributed by atoms with van der Waals surface area (Å²) >= 11 is 0. The SMILES string of the molecule is CCOc1ccc(C(=O)NC(C)c2ccc(N3CCC(C)CC3)cc2)cc1C. The molecule has 0 radical (unpaired) electrons. The van der Waals surface area contributed by atoms with Crippen molar-refractivity contribution in [2.45, 2.75) is 46.6 Å². The third-order valence-electron chi connectivity index (χ3n) is 5.63. The van der Waals surface area contributed by atoms with Crippen molar-refractivity contribution in [1.82, 2.24) is 5.32 Å². The summed E-state index contributed by atoms with van der Waals surface area (Å²) in [4.78, 5) is 15.1. The summed E-state index contributed by atoms with van der Waals surface area (Å²) in [7, 11) is 0. The fourth-order valence-electron chi connectivity index (χ4n) is 3.71. The first kappa shape index (κ1) is 20.2. The molecule has 0 saturated carbocycles. The predicted molar refractivity (Wildman–Crippen MR) is 115 cm³/mol. The van der Waals surface area contributed by atoms with Crippen LogP contribution in [0.1, 0.15) is 61.1 Å². The fourth-order valence-corrected chi connectivity index (χ4v) is 3.71. The molecule has 0 aromatic heterocycles. The van der Waals surface area contributed by atoms with Gasteiger partial charge in [-0.05, 0) is 81.0 Å². The van der Waals surface area contributed by atoms with Crippen molar-refractivity contribution in [3.8, 4) is 5.75 Å². The molecule has 28 heavy (non-hydrogen) atoms. The maximum absolute atomic E-state index is 12.6. The smallest absolute Gasteiger partial charge is 0.251 e. The van der Waals surface area contributed by atoms with E-state index in [4.69, 9.17) is 4.74 Å². The van der Waals surface area contributed by atoms with Crippen molar-refractivity contribution in [3.05, 3.63) is 59.2 Å². The molecule has 1 amide bonds. The van der Waals surface area contributed by atoms with E-state index in [1.807, 2.05) is 39.0 Å². The van der Waals surface area contributed by atoms with Crippen molar-refractivity contribution < 1.29 is 9.53 Å². The van der Waals surface area contributed by atoms with Gasteiger partial charge < -0.3 is 15.0 Å². The third-order valence-corrected chi connectivity index (χ3v) is 5.63. The molecule has 4 heteroatoms. The van der Waals surface area contributed by atoms with Gasteiger partial charge in [0.05, 0.1) is 12.6 Å². The lowest BCUT2D eigenvalue weighted by atomic mass is 9.98. The van der Waals surface area contributed by atoms with E-state index < -0.39 is 0 Å². The van der Waals surface area contributed by atoms with Gasteiger partial charge in [0.2, 0.25) is 0 Å². The number of piperidine rings is 1. The number of hydrogen-bond donors (Lipinski definition) is 1. The Morgan fingerprint density at radius 3 is 2.46 bits per heavy atom. The minimum Gasteiger partial charge on any atom is -0.494 e. The van der Waals surface area contributed by atoms with E-state index in [9.17, 15) is 4.79 Å². The highest BCUT2D eigenvalue weighted by molar-refractivity contribution is 5.94. The maximum Gasteiger partial charge on any atom is 0.251 e. The largest absolute Gasteiger partial charge is 0.494 e. The summed E-state index contributed by atoms with van der Waals surface area (Å²) in [6, 6.07) is 14.1. The Morgan fingerprint density at radius 1 is 1.18 bits per heavy atom. The minimum absolute atomic E-state index is 0.0465. The average Bonchev–Trinajstić information content (AvgIpc) is 2.70.